The monoisotopic (exact) mass is 206 g/mol. The van der Waals surface area contributed by atoms with Gasteiger partial charge in [-0.1, -0.05) is 0 Å². The summed E-state index contributed by atoms with van der Waals surface area (Å²) in [5, 5.41) is 10.2. The van der Waals surface area contributed by atoms with Gasteiger partial charge in [-0.05, 0) is 6.42 Å². The normalized spacial score (nSPS) is 12.2. The summed E-state index contributed by atoms with van der Waals surface area (Å²) in [6, 6.07) is 0. The summed E-state index contributed by atoms with van der Waals surface area (Å²) in [7, 11) is -4.16. The molecule has 0 aliphatic heterocycles. The predicted molar refractivity (Wildman–Crippen MR) is 43.0 cm³/mol. The summed E-state index contributed by atoms with van der Waals surface area (Å²) in [5.74, 6) is -0.411. The van der Waals surface area contributed by atoms with Gasteiger partial charge in [-0.2, -0.15) is 10.6 Å². The van der Waals surface area contributed by atoms with Crippen molar-refractivity contribution in [1.82, 2.24) is 5.32 Å². The molecular weight excluding hydrogens is 196 g/mol. The van der Waals surface area contributed by atoms with E-state index in [0.29, 0.717) is 0 Å². The smallest absolute Gasteiger partial charge is 0.355 e. The van der Waals surface area contributed by atoms with E-state index in [1.807, 2.05) is 0 Å². The van der Waals surface area contributed by atoms with Crippen LogP contribution in [0.25, 0.3) is 0 Å². The van der Waals surface area contributed by atoms with Crippen LogP contribution in [0.2, 0.25) is 0 Å². The SMILES string of the molecule is N#CNC(N)=[NH+]CCCS(=O)(=O)[O-]. The maximum Gasteiger partial charge on any atom is 0.355 e. The standard InChI is InChI=1S/C5H10N4O3S/c6-4-9-5(7)8-2-1-3-13(10,11)12/h1-3H2,(H3,7,8,9)(H,10,11,12). The molecule has 8 heteroatoms. The van der Waals surface area contributed by atoms with Crippen LogP contribution in [0, 0.1) is 11.5 Å². The number of hydrogen-bond acceptors (Lipinski definition) is 4. The predicted octanol–water partition coefficient (Wildman–Crippen LogP) is -3.61. The van der Waals surface area contributed by atoms with Crippen molar-refractivity contribution >= 4 is 16.1 Å². The quantitative estimate of drug-likeness (QED) is 0.109. The van der Waals surface area contributed by atoms with Gasteiger partial charge in [0.15, 0.2) is 0 Å². The zero-order chi connectivity index (χ0) is 10.3. The molecule has 7 nitrogen and oxygen atoms in total. The van der Waals surface area contributed by atoms with E-state index in [1.54, 1.807) is 6.19 Å². The summed E-state index contributed by atoms with van der Waals surface area (Å²) >= 11 is 0. The largest absolute Gasteiger partial charge is 0.748 e. The Morgan fingerprint density at radius 1 is 1.69 bits per heavy atom. The van der Waals surface area contributed by atoms with Crippen LogP contribution in [0.4, 0.5) is 0 Å². The average molecular weight is 206 g/mol. The molecule has 0 aromatic rings. The lowest BCUT2D eigenvalue weighted by Crippen LogP contribution is -2.78. The third-order valence-corrected chi connectivity index (χ3v) is 1.87. The fourth-order valence-corrected chi connectivity index (χ4v) is 1.07. The molecule has 0 amide bonds. The number of nitrogens with zero attached hydrogens (tertiary/aromatic N) is 1. The maximum absolute atomic E-state index is 10.1. The highest BCUT2D eigenvalue weighted by atomic mass is 32.2. The highest BCUT2D eigenvalue weighted by Gasteiger charge is 1.97. The minimum Gasteiger partial charge on any atom is -0.748 e. The van der Waals surface area contributed by atoms with Gasteiger partial charge in [0, 0.05) is 5.75 Å². The second-order valence-corrected chi connectivity index (χ2v) is 3.72. The Labute approximate surface area is 76.0 Å². The first-order valence-electron chi connectivity index (χ1n) is 3.40. The Balaban J connectivity index is 3.69. The number of guanidine groups is 1. The van der Waals surface area contributed by atoms with Crippen molar-refractivity contribution in [3.05, 3.63) is 0 Å². The first-order valence-corrected chi connectivity index (χ1v) is 4.98. The molecule has 0 rings (SSSR count). The van der Waals surface area contributed by atoms with Crippen LogP contribution >= 0.6 is 0 Å². The van der Waals surface area contributed by atoms with Crippen molar-refractivity contribution in [1.29, 1.82) is 5.26 Å². The number of nitrogens with two attached hydrogens (primary N) is 1. The second-order valence-electron chi connectivity index (χ2n) is 2.19. The van der Waals surface area contributed by atoms with Crippen molar-refractivity contribution in [2.24, 2.45) is 5.73 Å². The maximum atomic E-state index is 10.1. The van der Waals surface area contributed by atoms with Crippen molar-refractivity contribution in [3.63, 3.8) is 0 Å². The molecule has 0 aliphatic carbocycles. The molecule has 4 N–H and O–H groups in total. The molecule has 0 bridgehead atoms. The van der Waals surface area contributed by atoms with E-state index in [-0.39, 0.29) is 18.9 Å². The lowest BCUT2D eigenvalue weighted by Gasteiger charge is -2.03. The molecule has 0 radical (unpaired) electrons. The van der Waals surface area contributed by atoms with Crippen molar-refractivity contribution in [2.75, 3.05) is 12.3 Å². The van der Waals surface area contributed by atoms with Gasteiger partial charge in [0.1, 0.15) is 0 Å². The molecule has 0 aromatic carbocycles. The van der Waals surface area contributed by atoms with Gasteiger partial charge in [-0.3, -0.25) is 10.7 Å². The molecule has 74 valence electrons. The van der Waals surface area contributed by atoms with Crippen LogP contribution in [0.3, 0.4) is 0 Å². The van der Waals surface area contributed by atoms with Gasteiger partial charge in [-0.25, -0.2) is 8.42 Å². The molecule has 0 saturated heterocycles. The first kappa shape index (κ1) is 11.7. The van der Waals surface area contributed by atoms with E-state index in [1.165, 1.54) is 0 Å². The number of rotatable bonds is 4. The summed E-state index contributed by atoms with van der Waals surface area (Å²) < 4.78 is 30.3. The fraction of sp³-hybridized carbons (Fsp3) is 0.600. The minimum atomic E-state index is -4.16. The molecule has 0 aromatic heterocycles. The Hall–Kier alpha value is -1.33. The lowest BCUT2D eigenvalue weighted by molar-refractivity contribution is -0.459. The molecule has 0 spiro atoms. The molecule has 13 heavy (non-hydrogen) atoms. The topological polar surface area (TPSA) is 133 Å². The van der Waals surface area contributed by atoms with E-state index in [4.69, 9.17) is 11.0 Å². The van der Waals surface area contributed by atoms with Gasteiger partial charge >= 0.3 is 5.96 Å². The number of nitriles is 1. The van der Waals surface area contributed by atoms with E-state index in [2.05, 4.69) is 10.3 Å². The summed E-state index contributed by atoms with van der Waals surface area (Å²) in [6.45, 7) is 0.224. The van der Waals surface area contributed by atoms with Gasteiger partial charge in [0.25, 0.3) is 6.19 Å². The highest BCUT2D eigenvalue weighted by molar-refractivity contribution is 7.85. The van der Waals surface area contributed by atoms with Crippen molar-refractivity contribution in [2.45, 2.75) is 6.42 Å². The zero-order valence-electron chi connectivity index (χ0n) is 6.78. The van der Waals surface area contributed by atoms with Gasteiger partial charge in [0.05, 0.1) is 16.7 Å². The van der Waals surface area contributed by atoms with Crippen molar-refractivity contribution in [3.8, 4) is 6.19 Å². The third-order valence-electron chi connectivity index (χ3n) is 1.08. The molecule has 0 heterocycles. The zero-order valence-corrected chi connectivity index (χ0v) is 7.60. The van der Waals surface area contributed by atoms with Crippen molar-refractivity contribution < 1.29 is 18.0 Å². The van der Waals surface area contributed by atoms with Crippen LogP contribution in [0.15, 0.2) is 0 Å². The molecule has 0 atom stereocenters. The molecule has 0 unspecified atom stereocenters. The first-order chi connectivity index (χ1) is 5.95. The van der Waals surface area contributed by atoms with E-state index in [9.17, 15) is 13.0 Å². The molecule has 0 fully saturated rings. The summed E-state index contributed by atoms with van der Waals surface area (Å²) in [6.07, 6.45) is 1.72. The number of hydrogen-bond donors (Lipinski definition) is 3. The summed E-state index contributed by atoms with van der Waals surface area (Å²) in [4.78, 5) is 2.51. The molecular formula is C5H10N4O3S. The highest BCUT2D eigenvalue weighted by Crippen LogP contribution is 1.83. The van der Waals surface area contributed by atoms with Gasteiger partial charge in [0.2, 0.25) is 0 Å². The van der Waals surface area contributed by atoms with Crippen LogP contribution in [-0.4, -0.2) is 31.2 Å². The average Bonchev–Trinajstić information content (AvgIpc) is 1.97. The van der Waals surface area contributed by atoms with Crippen LogP contribution in [0.5, 0.6) is 0 Å². The summed E-state index contributed by atoms with van der Waals surface area (Å²) in [5.41, 5.74) is 5.18. The Morgan fingerprint density at radius 2 is 2.31 bits per heavy atom. The van der Waals surface area contributed by atoms with Crippen LogP contribution in [-0.2, 0) is 10.1 Å². The van der Waals surface area contributed by atoms with E-state index >= 15 is 0 Å². The molecule has 0 aliphatic rings. The van der Waals surface area contributed by atoms with E-state index < -0.39 is 15.9 Å². The van der Waals surface area contributed by atoms with Gasteiger partial charge in [-0.15, -0.1) is 0 Å². The Morgan fingerprint density at radius 3 is 2.77 bits per heavy atom. The fourth-order valence-electron chi connectivity index (χ4n) is 0.576. The minimum absolute atomic E-state index is 0.0331. The lowest BCUT2D eigenvalue weighted by atomic mass is 10.5. The number of nitrogens with one attached hydrogen (secondary N) is 2. The van der Waals surface area contributed by atoms with Crippen LogP contribution < -0.4 is 16.0 Å². The Bertz CT molecular complexity index is 315. The second kappa shape index (κ2) is 5.34. The third kappa shape index (κ3) is 8.58. The Kier molecular flexibility index (Phi) is 4.79. The molecule has 0 saturated carbocycles. The van der Waals surface area contributed by atoms with Gasteiger partial charge < -0.3 is 4.55 Å². The van der Waals surface area contributed by atoms with E-state index in [0.717, 1.165) is 0 Å². The van der Waals surface area contributed by atoms with Crippen LogP contribution in [0.1, 0.15) is 6.42 Å².